The van der Waals surface area contributed by atoms with Crippen molar-refractivity contribution in [2.24, 2.45) is 0 Å². The molecule has 0 aromatic heterocycles. The molecule has 0 heterocycles. The molecule has 0 aliphatic rings. The Morgan fingerprint density at radius 3 is 1.12 bits per heavy atom. The smallest absolute Gasteiger partial charge is 0.324 e. The minimum Gasteiger partial charge on any atom is -0.324 e. The molecule has 0 aliphatic heterocycles. The zero-order valence-corrected chi connectivity index (χ0v) is 28.1. The molecular weight excluding hydrogens is 511 g/mol. The highest BCUT2D eigenvalue weighted by molar-refractivity contribution is 7.52. The first-order valence-electron chi connectivity index (χ1n) is 17.9. The van der Waals surface area contributed by atoms with E-state index in [4.69, 9.17) is 4.52 Å². The van der Waals surface area contributed by atoms with Crippen molar-refractivity contribution >= 4 is 7.60 Å². The van der Waals surface area contributed by atoms with E-state index in [0.29, 0.717) is 12.8 Å². The van der Waals surface area contributed by atoms with E-state index in [1.54, 1.807) is 0 Å². The lowest BCUT2D eigenvalue weighted by atomic mass is 10.1. The Morgan fingerprint density at radius 1 is 0.450 bits per heavy atom. The minimum absolute atomic E-state index is 0.320. The van der Waals surface area contributed by atoms with Crippen molar-refractivity contribution in [1.29, 1.82) is 0 Å². The van der Waals surface area contributed by atoms with Crippen LogP contribution < -0.4 is 0 Å². The van der Waals surface area contributed by atoms with Crippen molar-refractivity contribution < 1.29 is 14.0 Å². The van der Waals surface area contributed by atoms with E-state index in [1.807, 2.05) is 0 Å². The molecule has 4 heteroatoms. The SMILES string of the molecule is CCCCCCCCC=CCCCCCCCCOP(=O)(O)CCCCCCCCC=CCCCCCCCC. The molecule has 0 aliphatic carbocycles. The second-order valence-corrected chi connectivity index (χ2v) is 14.1. The van der Waals surface area contributed by atoms with Crippen LogP contribution in [0.4, 0.5) is 0 Å². The normalized spacial score (nSPS) is 13.6. The maximum Gasteiger partial charge on any atom is 0.328 e. The van der Waals surface area contributed by atoms with Gasteiger partial charge in [0.25, 0.3) is 0 Å². The zero-order valence-electron chi connectivity index (χ0n) is 27.2. The van der Waals surface area contributed by atoms with Crippen molar-refractivity contribution in [1.82, 2.24) is 0 Å². The quantitative estimate of drug-likeness (QED) is 0.0475. The van der Waals surface area contributed by atoms with E-state index in [1.165, 1.54) is 148 Å². The van der Waals surface area contributed by atoms with Gasteiger partial charge in [0.05, 0.1) is 6.61 Å². The van der Waals surface area contributed by atoms with Crippen LogP contribution in [-0.4, -0.2) is 17.7 Å². The van der Waals surface area contributed by atoms with E-state index >= 15 is 0 Å². The first-order chi connectivity index (χ1) is 19.6. The summed E-state index contributed by atoms with van der Waals surface area (Å²) in [5.41, 5.74) is 0. The number of hydrogen-bond acceptors (Lipinski definition) is 2. The molecule has 0 spiro atoms. The van der Waals surface area contributed by atoms with Crippen molar-refractivity contribution in [2.75, 3.05) is 12.8 Å². The first-order valence-corrected chi connectivity index (χ1v) is 19.6. The average Bonchev–Trinajstić information content (AvgIpc) is 2.94. The number of rotatable bonds is 33. The Balaban J connectivity index is 3.36. The van der Waals surface area contributed by atoms with Gasteiger partial charge in [-0.2, -0.15) is 0 Å². The van der Waals surface area contributed by atoms with Gasteiger partial charge in [-0.25, -0.2) is 0 Å². The van der Waals surface area contributed by atoms with E-state index < -0.39 is 7.60 Å². The summed E-state index contributed by atoms with van der Waals surface area (Å²) < 4.78 is 17.6. The molecule has 3 nitrogen and oxygen atoms in total. The van der Waals surface area contributed by atoms with Crippen LogP contribution in [-0.2, 0) is 9.09 Å². The molecular formula is C36H71O3P. The van der Waals surface area contributed by atoms with Crippen LogP contribution in [0.2, 0.25) is 0 Å². The van der Waals surface area contributed by atoms with Gasteiger partial charge in [0.15, 0.2) is 0 Å². The zero-order chi connectivity index (χ0) is 29.2. The molecule has 0 radical (unpaired) electrons. The molecule has 0 saturated carbocycles. The molecule has 1 N–H and O–H groups in total. The van der Waals surface area contributed by atoms with Gasteiger partial charge in [-0.3, -0.25) is 4.57 Å². The highest BCUT2D eigenvalue weighted by Gasteiger charge is 2.17. The summed E-state index contributed by atoms with van der Waals surface area (Å²) in [6.45, 7) is 4.98. The molecule has 0 bridgehead atoms. The molecule has 1 atom stereocenters. The highest BCUT2D eigenvalue weighted by atomic mass is 31.2. The number of allylic oxidation sites excluding steroid dienone is 4. The van der Waals surface area contributed by atoms with E-state index in [-0.39, 0.29) is 0 Å². The summed E-state index contributed by atoms with van der Waals surface area (Å²) in [6, 6.07) is 0. The van der Waals surface area contributed by atoms with Crippen LogP contribution in [0, 0.1) is 0 Å². The van der Waals surface area contributed by atoms with Crippen LogP contribution in [0.3, 0.4) is 0 Å². The van der Waals surface area contributed by atoms with Gasteiger partial charge >= 0.3 is 7.60 Å². The fraction of sp³-hybridized carbons (Fsp3) is 0.889. The van der Waals surface area contributed by atoms with Gasteiger partial charge in [0, 0.05) is 6.16 Å². The van der Waals surface area contributed by atoms with Crippen molar-refractivity contribution in [3.8, 4) is 0 Å². The van der Waals surface area contributed by atoms with Crippen molar-refractivity contribution in [3.05, 3.63) is 24.3 Å². The van der Waals surface area contributed by atoms with E-state index in [2.05, 4.69) is 38.2 Å². The third-order valence-electron chi connectivity index (χ3n) is 7.90. The second kappa shape index (κ2) is 33.1. The van der Waals surface area contributed by atoms with Crippen LogP contribution in [0.1, 0.15) is 194 Å². The molecule has 238 valence electrons. The standard InChI is InChI=1S/C36H71O3P/c1-3-5-7-9-11-13-15-17-19-21-23-25-27-29-31-33-35-39-40(37,38)36-34-32-30-28-26-24-22-20-18-16-14-12-10-8-6-4-2/h17-20H,3-16,21-36H2,1-2H3,(H,37,38). The Hall–Kier alpha value is -0.370. The number of hydrogen-bond donors (Lipinski definition) is 1. The summed E-state index contributed by atoms with van der Waals surface area (Å²) in [6.07, 6.45) is 45.0. The fourth-order valence-electron chi connectivity index (χ4n) is 5.18. The average molecular weight is 583 g/mol. The minimum atomic E-state index is -3.39. The van der Waals surface area contributed by atoms with Gasteiger partial charge in [-0.1, -0.05) is 154 Å². The van der Waals surface area contributed by atoms with Crippen LogP contribution in [0.5, 0.6) is 0 Å². The highest BCUT2D eigenvalue weighted by Crippen LogP contribution is 2.43. The predicted octanol–water partition coefficient (Wildman–Crippen LogP) is 13.3. The van der Waals surface area contributed by atoms with E-state index in [9.17, 15) is 9.46 Å². The van der Waals surface area contributed by atoms with Gasteiger partial charge in [-0.05, 0) is 64.2 Å². The number of unbranched alkanes of at least 4 members (excludes halogenated alkanes) is 24. The van der Waals surface area contributed by atoms with Gasteiger partial charge in [-0.15, -0.1) is 0 Å². The van der Waals surface area contributed by atoms with Gasteiger partial charge in [0.2, 0.25) is 0 Å². The summed E-state index contributed by atoms with van der Waals surface area (Å²) in [5, 5.41) is 0. The Bertz CT molecular complexity index is 587. The Kier molecular flexibility index (Phi) is 32.8. The topological polar surface area (TPSA) is 46.5 Å². The lowest BCUT2D eigenvalue weighted by Crippen LogP contribution is -1.97. The summed E-state index contributed by atoms with van der Waals surface area (Å²) in [7, 11) is -3.39. The monoisotopic (exact) mass is 583 g/mol. The lowest BCUT2D eigenvalue weighted by molar-refractivity contribution is 0.252. The molecule has 0 aromatic rings. The molecule has 0 aromatic carbocycles. The molecule has 40 heavy (non-hydrogen) atoms. The second-order valence-electron chi connectivity index (χ2n) is 12.1. The molecule has 1 unspecified atom stereocenters. The first kappa shape index (κ1) is 39.6. The van der Waals surface area contributed by atoms with Crippen molar-refractivity contribution in [3.63, 3.8) is 0 Å². The summed E-state index contributed by atoms with van der Waals surface area (Å²) >= 11 is 0. The summed E-state index contributed by atoms with van der Waals surface area (Å²) in [4.78, 5) is 10.1. The van der Waals surface area contributed by atoms with E-state index in [0.717, 1.165) is 32.1 Å². The molecule has 0 amide bonds. The van der Waals surface area contributed by atoms with Gasteiger partial charge < -0.3 is 9.42 Å². The fourth-order valence-corrected chi connectivity index (χ4v) is 6.35. The molecule has 0 fully saturated rings. The maximum atomic E-state index is 12.2. The Labute approximate surface area is 252 Å². The maximum absolute atomic E-state index is 12.2. The summed E-state index contributed by atoms with van der Waals surface area (Å²) in [5.74, 6) is 0. The van der Waals surface area contributed by atoms with Crippen LogP contribution in [0.15, 0.2) is 24.3 Å². The van der Waals surface area contributed by atoms with Gasteiger partial charge in [0.1, 0.15) is 0 Å². The Morgan fingerprint density at radius 2 is 0.750 bits per heavy atom. The predicted molar refractivity (Wildman–Crippen MR) is 180 cm³/mol. The van der Waals surface area contributed by atoms with Crippen molar-refractivity contribution in [2.45, 2.75) is 194 Å². The molecule has 0 saturated heterocycles. The third kappa shape index (κ3) is 33.8. The molecule has 0 rings (SSSR count). The van der Waals surface area contributed by atoms with Crippen LogP contribution >= 0.6 is 7.60 Å². The van der Waals surface area contributed by atoms with Crippen LogP contribution in [0.25, 0.3) is 0 Å². The lowest BCUT2D eigenvalue weighted by Gasteiger charge is -2.12. The third-order valence-corrected chi connectivity index (χ3v) is 9.37. The largest absolute Gasteiger partial charge is 0.328 e.